The van der Waals surface area contributed by atoms with Crippen molar-refractivity contribution in [2.75, 3.05) is 13.7 Å². The topological polar surface area (TPSA) is 81.8 Å². The number of ether oxygens (including phenoxy) is 2. The molecule has 6 nitrogen and oxygen atoms in total. The van der Waals surface area contributed by atoms with Gasteiger partial charge in [0.1, 0.15) is 17.8 Å². The van der Waals surface area contributed by atoms with Gasteiger partial charge in [-0.2, -0.15) is 0 Å². The molecule has 3 aromatic rings. The van der Waals surface area contributed by atoms with E-state index >= 15 is 0 Å². The van der Waals surface area contributed by atoms with Gasteiger partial charge in [0.15, 0.2) is 0 Å². The Hall–Kier alpha value is -3.03. The van der Waals surface area contributed by atoms with Crippen LogP contribution in [0.25, 0.3) is 11.5 Å². The maximum Gasteiger partial charge on any atom is 0.336 e. The average Bonchev–Trinajstić information content (AvgIpc) is 3.30. The van der Waals surface area contributed by atoms with Crippen LogP contribution in [-0.2, 0) is 16.1 Å². The van der Waals surface area contributed by atoms with Crippen molar-refractivity contribution in [3.8, 4) is 11.5 Å². The van der Waals surface area contributed by atoms with E-state index in [4.69, 9.17) is 13.9 Å². The Morgan fingerprint density at radius 2 is 1.97 bits per heavy atom. The number of hydrogen-bond donors (Lipinski definition) is 1. The maximum atomic E-state index is 13.1. The summed E-state index contributed by atoms with van der Waals surface area (Å²) < 4.78 is 30.6. The van der Waals surface area contributed by atoms with Gasteiger partial charge in [0, 0.05) is 12.7 Å². The van der Waals surface area contributed by atoms with Gasteiger partial charge in [-0.3, -0.25) is 0 Å². The zero-order valence-electron chi connectivity index (χ0n) is 19.5. The fourth-order valence-corrected chi connectivity index (χ4v) is 5.01. The summed E-state index contributed by atoms with van der Waals surface area (Å²) in [6.07, 6.45) is 5.40. The standard InChI is InChI=1S/C27H30FNO5/c1-17-6-5-9-23(24(17)27(30)31)25(32-2)22-8-4-3-7-19(22)14-33-15-21-16-34-26(29-21)18-10-12-20(28)13-11-18/h5-6,9-13,16,19,22,25H,3-4,7-8,14-15H2,1-2H3,(H,30,31)/t19-,22-,25?/m1/s1. The SMILES string of the molecule is COC(c1cccc(C)c1C(=O)O)[C@@H]1CCCC[C@@H]1COCc1coc(-c2ccc(F)cc2)n1. The number of aromatic carboxylic acids is 1. The molecular formula is C27H30FNO5. The van der Waals surface area contributed by atoms with E-state index in [9.17, 15) is 14.3 Å². The van der Waals surface area contributed by atoms with Crippen LogP contribution in [0.5, 0.6) is 0 Å². The molecule has 7 heteroatoms. The molecule has 4 rings (SSSR count). The highest BCUT2D eigenvalue weighted by molar-refractivity contribution is 5.91. The largest absolute Gasteiger partial charge is 0.478 e. The molecule has 1 unspecified atom stereocenters. The van der Waals surface area contributed by atoms with Gasteiger partial charge < -0.3 is 19.0 Å². The highest BCUT2D eigenvalue weighted by Crippen LogP contribution is 2.42. The molecule has 3 atom stereocenters. The zero-order chi connectivity index (χ0) is 24.1. The van der Waals surface area contributed by atoms with Crippen molar-refractivity contribution in [1.29, 1.82) is 0 Å². The normalized spacial score (nSPS) is 19.1. The summed E-state index contributed by atoms with van der Waals surface area (Å²) in [5.41, 5.74) is 3.17. The number of aromatic nitrogens is 1. The highest BCUT2D eigenvalue weighted by Gasteiger charge is 2.35. The third-order valence-corrected chi connectivity index (χ3v) is 6.66. The third kappa shape index (κ3) is 5.37. The lowest BCUT2D eigenvalue weighted by Crippen LogP contribution is -2.31. The molecule has 0 bridgehead atoms. The van der Waals surface area contributed by atoms with Crippen LogP contribution in [0.3, 0.4) is 0 Å². The summed E-state index contributed by atoms with van der Waals surface area (Å²) in [4.78, 5) is 16.4. The Morgan fingerprint density at radius 3 is 2.71 bits per heavy atom. The van der Waals surface area contributed by atoms with Crippen LogP contribution in [0.2, 0.25) is 0 Å². The molecule has 2 aromatic carbocycles. The van der Waals surface area contributed by atoms with E-state index in [1.807, 2.05) is 25.1 Å². The molecule has 1 fully saturated rings. The summed E-state index contributed by atoms with van der Waals surface area (Å²) >= 11 is 0. The predicted molar refractivity (Wildman–Crippen MR) is 125 cm³/mol. The van der Waals surface area contributed by atoms with Crippen molar-refractivity contribution >= 4 is 5.97 Å². The molecule has 0 radical (unpaired) electrons. The number of carboxylic acids is 1. The molecule has 0 amide bonds. The smallest absolute Gasteiger partial charge is 0.336 e. The summed E-state index contributed by atoms with van der Waals surface area (Å²) in [5, 5.41) is 9.81. The second-order valence-corrected chi connectivity index (χ2v) is 8.88. The van der Waals surface area contributed by atoms with Crippen molar-refractivity contribution in [2.45, 2.75) is 45.3 Å². The van der Waals surface area contributed by atoms with Crippen LogP contribution in [0.15, 0.2) is 53.1 Å². The van der Waals surface area contributed by atoms with E-state index in [0.29, 0.717) is 35.9 Å². The Morgan fingerprint density at radius 1 is 1.21 bits per heavy atom. The van der Waals surface area contributed by atoms with Gasteiger partial charge in [-0.1, -0.05) is 31.0 Å². The molecule has 0 spiro atoms. The molecule has 1 N–H and O–H groups in total. The van der Waals surface area contributed by atoms with E-state index in [2.05, 4.69) is 4.98 Å². The van der Waals surface area contributed by atoms with Crippen molar-refractivity contribution in [3.63, 3.8) is 0 Å². The summed E-state index contributed by atoms with van der Waals surface area (Å²) in [6, 6.07) is 11.6. The van der Waals surface area contributed by atoms with Gasteiger partial charge in [0.05, 0.1) is 24.9 Å². The number of aryl methyl sites for hydroxylation is 1. The summed E-state index contributed by atoms with van der Waals surface area (Å²) in [6.45, 7) is 2.65. The Balaban J connectivity index is 1.43. The Kier molecular flexibility index (Phi) is 7.75. The van der Waals surface area contributed by atoms with Gasteiger partial charge in [-0.25, -0.2) is 14.2 Å². The lowest BCUT2D eigenvalue weighted by atomic mass is 9.74. The molecule has 0 aliphatic heterocycles. The number of halogens is 1. The van der Waals surface area contributed by atoms with E-state index < -0.39 is 5.97 Å². The minimum absolute atomic E-state index is 0.158. The molecule has 1 aliphatic carbocycles. The van der Waals surface area contributed by atoms with Crippen molar-refractivity contribution in [2.24, 2.45) is 11.8 Å². The van der Waals surface area contributed by atoms with Crippen LogP contribution in [0.4, 0.5) is 4.39 Å². The number of benzene rings is 2. The lowest BCUT2D eigenvalue weighted by molar-refractivity contribution is -0.0268. The van der Waals surface area contributed by atoms with Gasteiger partial charge in [0.25, 0.3) is 0 Å². The number of rotatable bonds is 9. The predicted octanol–water partition coefficient (Wildman–Crippen LogP) is 6.20. The number of oxazole rings is 1. The molecule has 34 heavy (non-hydrogen) atoms. The van der Waals surface area contributed by atoms with Gasteiger partial charge in [0.2, 0.25) is 5.89 Å². The quantitative estimate of drug-likeness (QED) is 0.404. The van der Waals surface area contributed by atoms with Crippen LogP contribution >= 0.6 is 0 Å². The van der Waals surface area contributed by atoms with E-state index in [1.54, 1.807) is 25.5 Å². The molecular weight excluding hydrogens is 437 g/mol. The first kappa shape index (κ1) is 24.1. The number of carbonyl (C=O) groups is 1. The second-order valence-electron chi connectivity index (χ2n) is 8.88. The fraction of sp³-hybridized carbons (Fsp3) is 0.407. The van der Waals surface area contributed by atoms with E-state index in [-0.39, 0.29) is 23.8 Å². The average molecular weight is 468 g/mol. The van der Waals surface area contributed by atoms with Crippen molar-refractivity contribution in [3.05, 3.63) is 76.9 Å². The third-order valence-electron chi connectivity index (χ3n) is 6.66. The minimum atomic E-state index is -0.929. The number of nitrogens with zero attached hydrogens (tertiary/aromatic N) is 1. The highest BCUT2D eigenvalue weighted by atomic mass is 19.1. The number of methoxy groups -OCH3 is 1. The van der Waals surface area contributed by atoms with Gasteiger partial charge in [-0.15, -0.1) is 0 Å². The van der Waals surface area contributed by atoms with Gasteiger partial charge >= 0.3 is 5.97 Å². The molecule has 1 aromatic heterocycles. The maximum absolute atomic E-state index is 13.1. The summed E-state index contributed by atoms with van der Waals surface area (Å²) in [7, 11) is 1.65. The Labute approximate surface area is 198 Å². The molecule has 1 heterocycles. The first-order chi connectivity index (χ1) is 16.5. The first-order valence-corrected chi connectivity index (χ1v) is 11.6. The van der Waals surface area contributed by atoms with Gasteiger partial charge in [-0.05, 0) is 67.0 Å². The van der Waals surface area contributed by atoms with Crippen LogP contribution in [0.1, 0.15) is 59.0 Å². The molecule has 1 aliphatic rings. The number of hydrogen-bond acceptors (Lipinski definition) is 5. The molecule has 1 saturated carbocycles. The first-order valence-electron chi connectivity index (χ1n) is 11.6. The summed E-state index contributed by atoms with van der Waals surface area (Å²) in [5.74, 6) is -0.414. The van der Waals surface area contributed by atoms with Crippen LogP contribution in [0, 0.1) is 24.6 Å². The van der Waals surface area contributed by atoms with Crippen LogP contribution < -0.4 is 0 Å². The van der Waals surface area contributed by atoms with E-state index in [0.717, 1.165) is 36.8 Å². The number of carboxylic acid groups (broad SMARTS) is 1. The minimum Gasteiger partial charge on any atom is -0.478 e. The van der Waals surface area contributed by atoms with Crippen molar-refractivity contribution in [1.82, 2.24) is 4.98 Å². The second kappa shape index (κ2) is 10.9. The lowest BCUT2D eigenvalue weighted by Gasteiger charge is -2.37. The van der Waals surface area contributed by atoms with Crippen LogP contribution in [-0.4, -0.2) is 29.8 Å². The Bertz CT molecular complexity index is 1110. The van der Waals surface area contributed by atoms with Crippen molar-refractivity contribution < 1.29 is 28.2 Å². The fourth-order valence-electron chi connectivity index (χ4n) is 5.01. The molecule has 0 saturated heterocycles. The zero-order valence-corrected chi connectivity index (χ0v) is 19.5. The monoisotopic (exact) mass is 467 g/mol. The molecule has 180 valence electrons. The van der Waals surface area contributed by atoms with E-state index in [1.165, 1.54) is 12.1 Å².